The smallest absolute Gasteiger partial charge is 0.262 e. The van der Waals surface area contributed by atoms with Crippen LogP contribution < -0.4 is 14.8 Å². The van der Waals surface area contributed by atoms with Crippen LogP contribution in [0.1, 0.15) is 39.2 Å². The number of ether oxygens (including phenoxy) is 2. The third-order valence-electron chi connectivity index (χ3n) is 4.45. The molecule has 0 bridgehead atoms. The number of hydrogen-bond acceptors (Lipinski definition) is 5. The van der Waals surface area contributed by atoms with Crippen molar-refractivity contribution in [3.05, 3.63) is 59.2 Å². The predicted octanol–water partition coefficient (Wildman–Crippen LogP) is 1.89. The van der Waals surface area contributed by atoms with E-state index >= 15 is 0 Å². The van der Waals surface area contributed by atoms with Crippen LogP contribution in [-0.4, -0.2) is 36.0 Å². The highest BCUT2D eigenvalue weighted by Gasteiger charge is 2.36. The molecule has 1 N–H and O–H groups in total. The molecular formula is C19H16N2O5. The van der Waals surface area contributed by atoms with Crippen molar-refractivity contribution in [1.82, 2.24) is 10.2 Å². The Morgan fingerprint density at radius 2 is 1.73 bits per heavy atom. The number of carbonyl (C=O) groups is 3. The van der Waals surface area contributed by atoms with Crippen LogP contribution in [0.3, 0.4) is 0 Å². The van der Waals surface area contributed by atoms with E-state index in [1.165, 1.54) is 0 Å². The van der Waals surface area contributed by atoms with Crippen LogP contribution in [0.15, 0.2) is 42.5 Å². The average molecular weight is 352 g/mol. The minimum atomic E-state index is -0.448. The molecule has 4 rings (SSSR count). The maximum Gasteiger partial charge on any atom is 0.262 e. The summed E-state index contributed by atoms with van der Waals surface area (Å²) in [5.41, 5.74) is 1.49. The molecule has 132 valence electrons. The van der Waals surface area contributed by atoms with Gasteiger partial charge < -0.3 is 14.8 Å². The molecule has 0 radical (unpaired) electrons. The summed E-state index contributed by atoms with van der Waals surface area (Å²) in [6.07, 6.45) is 0. The molecule has 0 fully saturated rings. The van der Waals surface area contributed by atoms with Crippen LogP contribution in [-0.2, 0) is 4.79 Å². The maximum absolute atomic E-state index is 12.3. The molecule has 2 aliphatic heterocycles. The van der Waals surface area contributed by atoms with Crippen molar-refractivity contribution in [2.45, 2.75) is 13.0 Å². The molecule has 7 heteroatoms. The highest BCUT2D eigenvalue weighted by Crippen LogP contribution is 2.34. The van der Waals surface area contributed by atoms with Crippen LogP contribution in [0.25, 0.3) is 0 Å². The van der Waals surface area contributed by atoms with E-state index in [0.717, 1.165) is 10.5 Å². The Kier molecular flexibility index (Phi) is 3.84. The summed E-state index contributed by atoms with van der Waals surface area (Å²) in [5.74, 6) is -0.0140. The number of carbonyl (C=O) groups excluding carboxylic acids is 3. The number of hydrogen-bond donors (Lipinski definition) is 1. The molecule has 3 amide bonds. The van der Waals surface area contributed by atoms with Crippen molar-refractivity contribution < 1.29 is 23.9 Å². The Morgan fingerprint density at radius 1 is 1.08 bits per heavy atom. The fourth-order valence-electron chi connectivity index (χ4n) is 3.08. The fraction of sp³-hybridized carbons (Fsp3) is 0.211. The van der Waals surface area contributed by atoms with E-state index in [1.54, 1.807) is 36.4 Å². The first-order chi connectivity index (χ1) is 12.5. The summed E-state index contributed by atoms with van der Waals surface area (Å²) in [4.78, 5) is 38.0. The molecule has 0 saturated carbocycles. The lowest BCUT2D eigenvalue weighted by atomic mass is 10.1. The van der Waals surface area contributed by atoms with Crippen molar-refractivity contribution in [3.63, 3.8) is 0 Å². The highest BCUT2D eigenvalue weighted by atomic mass is 16.7. The van der Waals surface area contributed by atoms with Gasteiger partial charge in [0.05, 0.1) is 17.2 Å². The van der Waals surface area contributed by atoms with Crippen LogP contribution in [0.2, 0.25) is 0 Å². The Morgan fingerprint density at radius 3 is 2.42 bits per heavy atom. The largest absolute Gasteiger partial charge is 0.454 e. The van der Waals surface area contributed by atoms with Crippen molar-refractivity contribution >= 4 is 17.7 Å². The van der Waals surface area contributed by atoms with Gasteiger partial charge in [0.1, 0.15) is 6.54 Å². The van der Waals surface area contributed by atoms with Gasteiger partial charge in [0.2, 0.25) is 12.7 Å². The number of benzene rings is 2. The molecule has 1 atom stereocenters. The molecule has 0 spiro atoms. The second-order valence-corrected chi connectivity index (χ2v) is 6.14. The number of amides is 3. The van der Waals surface area contributed by atoms with Crippen LogP contribution in [0.4, 0.5) is 0 Å². The van der Waals surface area contributed by atoms with Gasteiger partial charge in [-0.25, -0.2) is 0 Å². The van der Waals surface area contributed by atoms with Crippen LogP contribution in [0, 0.1) is 0 Å². The molecule has 0 saturated heterocycles. The summed E-state index contributed by atoms with van der Waals surface area (Å²) in [6, 6.07) is 11.7. The minimum Gasteiger partial charge on any atom is -0.454 e. The van der Waals surface area contributed by atoms with Gasteiger partial charge in [0.15, 0.2) is 11.5 Å². The lowest BCUT2D eigenvalue weighted by molar-refractivity contribution is -0.122. The van der Waals surface area contributed by atoms with E-state index in [1.807, 2.05) is 13.0 Å². The molecule has 0 aliphatic carbocycles. The van der Waals surface area contributed by atoms with E-state index < -0.39 is 17.7 Å². The standard InChI is InChI=1S/C19H16N2O5/c1-11(12-6-7-15-16(8-12)26-10-25-15)20-17(22)9-21-18(23)13-4-2-3-5-14(13)19(21)24/h2-8,11H,9-10H2,1H3,(H,20,22)/t11-/m1/s1. The van der Waals surface area contributed by atoms with E-state index in [-0.39, 0.29) is 19.4 Å². The zero-order chi connectivity index (χ0) is 18.3. The summed E-state index contributed by atoms with van der Waals surface area (Å²) in [6.45, 7) is 1.68. The van der Waals surface area contributed by atoms with Crippen LogP contribution >= 0.6 is 0 Å². The molecule has 2 aliphatic rings. The zero-order valence-electron chi connectivity index (χ0n) is 14.0. The SMILES string of the molecule is C[C@@H](NC(=O)CN1C(=O)c2ccccc2C1=O)c1ccc2c(c1)OCO2. The topological polar surface area (TPSA) is 84.9 Å². The third-order valence-corrected chi connectivity index (χ3v) is 4.45. The van der Waals surface area contributed by atoms with Gasteiger partial charge in [-0.1, -0.05) is 18.2 Å². The molecule has 2 aromatic rings. The number of fused-ring (bicyclic) bond motifs is 2. The predicted molar refractivity (Wildman–Crippen MR) is 90.9 cm³/mol. The summed E-state index contributed by atoms with van der Waals surface area (Å²) >= 11 is 0. The van der Waals surface area contributed by atoms with Gasteiger partial charge in [0.25, 0.3) is 11.8 Å². The van der Waals surface area contributed by atoms with Crippen molar-refractivity contribution in [1.29, 1.82) is 0 Å². The number of rotatable bonds is 4. The molecule has 2 aromatic carbocycles. The van der Waals surface area contributed by atoms with E-state index in [4.69, 9.17) is 9.47 Å². The second-order valence-electron chi connectivity index (χ2n) is 6.14. The lowest BCUT2D eigenvalue weighted by Crippen LogP contribution is -2.41. The Balaban J connectivity index is 1.43. The van der Waals surface area contributed by atoms with E-state index in [0.29, 0.717) is 22.6 Å². The molecule has 0 unspecified atom stereocenters. The van der Waals surface area contributed by atoms with Gasteiger partial charge in [0, 0.05) is 0 Å². The molecule has 2 heterocycles. The van der Waals surface area contributed by atoms with Gasteiger partial charge >= 0.3 is 0 Å². The number of imide groups is 1. The molecule has 0 aromatic heterocycles. The van der Waals surface area contributed by atoms with Gasteiger partial charge in [-0.05, 0) is 36.8 Å². The van der Waals surface area contributed by atoms with E-state index in [2.05, 4.69) is 5.32 Å². The van der Waals surface area contributed by atoms with Gasteiger partial charge in [-0.15, -0.1) is 0 Å². The Labute approximate surface area is 149 Å². The third kappa shape index (κ3) is 2.67. The lowest BCUT2D eigenvalue weighted by Gasteiger charge is -2.18. The summed E-state index contributed by atoms with van der Waals surface area (Å²) in [7, 11) is 0. The number of nitrogens with zero attached hydrogens (tertiary/aromatic N) is 1. The first-order valence-electron chi connectivity index (χ1n) is 8.19. The first-order valence-corrected chi connectivity index (χ1v) is 8.19. The normalized spacial score (nSPS) is 15.8. The maximum atomic E-state index is 12.3. The summed E-state index contributed by atoms with van der Waals surface area (Å²) in [5, 5.41) is 2.80. The van der Waals surface area contributed by atoms with Crippen molar-refractivity contribution in [2.24, 2.45) is 0 Å². The van der Waals surface area contributed by atoms with Crippen LogP contribution in [0.5, 0.6) is 11.5 Å². The zero-order valence-corrected chi connectivity index (χ0v) is 14.0. The van der Waals surface area contributed by atoms with E-state index in [9.17, 15) is 14.4 Å². The number of nitrogens with one attached hydrogen (secondary N) is 1. The molecule has 26 heavy (non-hydrogen) atoms. The van der Waals surface area contributed by atoms with Gasteiger partial charge in [-0.3, -0.25) is 19.3 Å². The van der Waals surface area contributed by atoms with Crippen molar-refractivity contribution in [2.75, 3.05) is 13.3 Å². The monoisotopic (exact) mass is 352 g/mol. The van der Waals surface area contributed by atoms with Gasteiger partial charge in [-0.2, -0.15) is 0 Å². The average Bonchev–Trinajstić information content (AvgIpc) is 3.20. The second kappa shape index (κ2) is 6.18. The summed E-state index contributed by atoms with van der Waals surface area (Å²) < 4.78 is 10.6. The minimum absolute atomic E-state index is 0.180. The first kappa shape index (κ1) is 16.1. The molecular weight excluding hydrogens is 336 g/mol. The van der Waals surface area contributed by atoms with Crippen molar-refractivity contribution in [3.8, 4) is 11.5 Å². The Hall–Kier alpha value is -3.35. The Bertz CT molecular complexity index is 889. The quantitative estimate of drug-likeness (QED) is 0.850. The molecule has 7 nitrogen and oxygen atoms in total. The highest BCUT2D eigenvalue weighted by molar-refractivity contribution is 6.22. The fourth-order valence-corrected chi connectivity index (χ4v) is 3.08.